The zero-order chi connectivity index (χ0) is 15.5. The van der Waals surface area contributed by atoms with Gasteiger partial charge in [0.15, 0.2) is 6.61 Å². The molecule has 0 atom stereocenters. The van der Waals surface area contributed by atoms with Crippen molar-refractivity contribution in [2.45, 2.75) is 13.8 Å². The molecule has 0 aliphatic carbocycles. The lowest BCUT2D eigenvalue weighted by molar-refractivity contribution is -0.120. The summed E-state index contributed by atoms with van der Waals surface area (Å²) in [6.45, 7) is 5.09. The molecule has 0 aromatic heterocycles. The maximum atomic E-state index is 12.5. The molecule has 2 aromatic rings. The van der Waals surface area contributed by atoms with Crippen molar-refractivity contribution in [1.29, 1.82) is 0 Å². The highest BCUT2D eigenvalue weighted by Gasteiger charge is 2.24. The summed E-state index contributed by atoms with van der Waals surface area (Å²) in [5.74, 6) is 1.40. The maximum absolute atomic E-state index is 12.5. The van der Waals surface area contributed by atoms with Crippen molar-refractivity contribution in [1.82, 2.24) is 0 Å². The first-order valence-electron chi connectivity index (χ1n) is 7.37. The van der Waals surface area contributed by atoms with Crippen LogP contribution in [0.25, 0.3) is 0 Å². The van der Waals surface area contributed by atoms with E-state index in [2.05, 4.69) is 0 Å². The predicted molar refractivity (Wildman–Crippen MR) is 85.7 cm³/mol. The lowest BCUT2D eigenvalue weighted by atomic mass is 10.1. The summed E-state index contributed by atoms with van der Waals surface area (Å²) in [6, 6.07) is 13.5. The number of carbonyl (C=O) groups is 1. The van der Waals surface area contributed by atoms with E-state index in [0.717, 1.165) is 22.6 Å². The molecule has 4 heteroatoms. The third-order valence-electron chi connectivity index (χ3n) is 3.66. The number of benzene rings is 2. The van der Waals surface area contributed by atoms with E-state index in [1.54, 1.807) is 4.90 Å². The summed E-state index contributed by atoms with van der Waals surface area (Å²) in [7, 11) is 0. The molecule has 0 unspecified atom stereocenters. The van der Waals surface area contributed by atoms with Crippen LogP contribution < -0.4 is 14.4 Å². The average Bonchev–Trinajstić information content (AvgIpc) is 2.53. The second kappa shape index (κ2) is 6.10. The lowest BCUT2D eigenvalue weighted by Crippen LogP contribution is -2.40. The van der Waals surface area contributed by atoms with Crippen molar-refractivity contribution in [2.75, 3.05) is 24.7 Å². The molecule has 3 rings (SSSR count). The lowest BCUT2D eigenvalue weighted by Gasteiger charge is -2.29. The predicted octanol–water partition coefficient (Wildman–Crippen LogP) is 3.11. The van der Waals surface area contributed by atoms with E-state index in [9.17, 15) is 4.79 Å². The first-order chi connectivity index (χ1) is 10.6. The van der Waals surface area contributed by atoms with Gasteiger partial charge in [0.05, 0.1) is 12.2 Å². The summed E-state index contributed by atoms with van der Waals surface area (Å²) >= 11 is 0. The fourth-order valence-electron chi connectivity index (χ4n) is 2.44. The topological polar surface area (TPSA) is 38.8 Å². The largest absolute Gasteiger partial charge is 0.490 e. The summed E-state index contributed by atoms with van der Waals surface area (Å²) in [4.78, 5) is 14.2. The highest BCUT2D eigenvalue weighted by molar-refractivity contribution is 5.96. The molecule has 1 heterocycles. The smallest absolute Gasteiger partial charge is 0.265 e. The number of rotatable bonds is 3. The Morgan fingerprint density at radius 3 is 2.64 bits per heavy atom. The van der Waals surface area contributed by atoms with E-state index in [1.807, 2.05) is 56.3 Å². The molecule has 0 bridgehead atoms. The minimum atomic E-state index is -0.0595. The van der Waals surface area contributed by atoms with Gasteiger partial charge in [-0.3, -0.25) is 4.79 Å². The molecule has 0 saturated carbocycles. The summed E-state index contributed by atoms with van der Waals surface area (Å²) in [5, 5.41) is 0. The van der Waals surface area contributed by atoms with E-state index in [4.69, 9.17) is 9.47 Å². The number of hydrogen-bond donors (Lipinski definition) is 0. The molecule has 1 aliphatic heterocycles. The number of ether oxygens (including phenoxy) is 2. The van der Waals surface area contributed by atoms with E-state index < -0.39 is 0 Å². The molecule has 4 nitrogen and oxygen atoms in total. The third-order valence-corrected chi connectivity index (χ3v) is 3.66. The molecule has 114 valence electrons. The highest BCUT2D eigenvalue weighted by atomic mass is 16.5. The van der Waals surface area contributed by atoms with Crippen LogP contribution >= 0.6 is 0 Å². The van der Waals surface area contributed by atoms with Crippen LogP contribution in [0.5, 0.6) is 11.5 Å². The molecule has 0 fully saturated rings. The number of hydrogen-bond acceptors (Lipinski definition) is 3. The van der Waals surface area contributed by atoms with E-state index >= 15 is 0 Å². The molecule has 1 amide bonds. The number of anilines is 1. The number of amides is 1. The van der Waals surface area contributed by atoms with E-state index in [1.165, 1.54) is 0 Å². The van der Waals surface area contributed by atoms with Crippen LogP contribution in [0.3, 0.4) is 0 Å². The minimum Gasteiger partial charge on any atom is -0.490 e. The Hall–Kier alpha value is -2.49. The van der Waals surface area contributed by atoms with Gasteiger partial charge in [-0.1, -0.05) is 23.8 Å². The molecular weight excluding hydrogens is 278 g/mol. The van der Waals surface area contributed by atoms with Gasteiger partial charge in [0.1, 0.15) is 18.1 Å². The van der Waals surface area contributed by atoms with Gasteiger partial charge in [0, 0.05) is 0 Å². The van der Waals surface area contributed by atoms with E-state index in [-0.39, 0.29) is 12.5 Å². The molecule has 22 heavy (non-hydrogen) atoms. The van der Waals surface area contributed by atoms with E-state index in [0.29, 0.717) is 18.9 Å². The Morgan fingerprint density at radius 1 is 1.14 bits per heavy atom. The van der Waals surface area contributed by atoms with Gasteiger partial charge in [-0.15, -0.1) is 0 Å². The van der Waals surface area contributed by atoms with Crippen LogP contribution in [-0.4, -0.2) is 25.7 Å². The van der Waals surface area contributed by atoms with Gasteiger partial charge in [-0.2, -0.15) is 0 Å². The van der Waals surface area contributed by atoms with Crippen LogP contribution in [-0.2, 0) is 4.79 Å². The van der Waals surface area contributed by atoms with Crippen LogP contribution in [0.2, 0.25) is 0 Å². The Kier molecular flexibility index (Phi) is 4.00. The Morgan fingerprint density at radius 2 is 1.86 bits per heavy atom. The Labute approximate surface area is 130 Å². The van der Waals surface area contributed by atoms with Gasteiger partial charge in [0.2, 0.25) is 0 Å². The van der Waals surface area contributed by atoms with Crippen LogP contribution in [0, 0.1) is 13.8 Å². The Balaban J connectivity index is 1.71. The minimum absolute atomic E-state index is 0.0242. The van der Waals surface area contributed by atoms with Gasteiger partial charge < -0.3 is 14.4 Å². The summed E-state index contributed by atoms with van der Waals surface area (Å²) < 4.78 is 11.2. The second-order valence-corrected chi connectivity index (χ2v) is 5.47. The van der Waals surface area contributed by atoms with Crippen LogP contribution in [0.4, 0.5) is 5.69 Å². The quantitative estimate of drug-likeness (QED) is 0.874. The summed E-state index contributed by atoms with van der Waals surface area (Å²) in [6.07, 6.45) is 0. The van der Waals surface area contributed by atoms with Crippen molar-refractivity contribution in [3.63, 3.8) is 0 Å². The van der Waals surface area contributed by atoms with Crippen molar-refractivity contribution in [3.8, 4) is 11.5 Å². The van der Waals surface area contributed by atoms with Crippen molar-refractivity contribution < 1.29 is 14.3 Å². The van der Waals surface area contributed by atoms with Crippen molar-refractivity contribution >= 4 is 11.6 Å². The van der Waals surface area contributed by atoms with Crippen LogP contribution in [0.1, 0.15) is 11.1 Å². The number of fused-ring (bicyclic) bond motifs is 1. The zero-order valence-electron chi connectivity index (χ0n) is 12.8. The van der Waals surface area contributed by atoms with Gasteiger partial charge in [-0.25, -0.2) is 0 Å². The number of nitrogens with zero attached hydrogens (tertiary/aromatic N) is 1. The van der Waals surface area contributed by atoms with Crippen LogP contribution in [0.15, 0.2) is 42.5 Å². The second-order valence-electron chi connectivity index (χ2n) is 5.47. The fourth-order valence-corrected chi connectivity index (χ4v) is 2.44. The first-order valence-corrected chi connectivity index (χ1v) is 7.37. The molecule has 0 spiro atoms. The molecular formula is C18H19NO3. The maximum Gasteiger partial charge on any atom is 0.265 e. The fraction of sp³-hybridized carbons (Fsp3) is 0.278. The normalized spacial score (nSPS) is 13.3. The molecule has 0 radical (unpaired) electrons. The number of aryl methyl sites for hydroxylation is 2. The molecule has 0 N–H and O–H groups in total. The van der Waals surface area contributed by atoms with Crippen molar-refractivity contribution in [2.24, 2.45) is 0 Å². The number of carbonyl (C=O) groups excluding carboxylic acids is 1. The summed E-state index contributed by atoms with van der Waals surface area (Å²) in [5.41, 5.74) is 3.08. The highest BCUT2D eigenvalue weighted by Crippen LogP contribution is 2.32. The average molecular weight is 297 g/mol. The van der Waals surface area contributed by atoms with Crippen molar-refractivity contribution in [3.05, 3.63) is 53.6 Å². The van der Waals surface area contributed by atoms with Gasteiger partial charge >= 0.3 is 0 Å². The zero-order valence-corrected chi connectivity index (χ0v) is 12.8. The Bertz CT molecular complexity index is 679. The monoisotopic (exact) mass is 297 g/mol. The molecule has 1 aliphatic rings. The molecule has 0 saturated heterocycles. The van der Waals surface area contributed by atoms with Gasteiger partial charge in [0.25, 0.3) is 5.91 Å². The van der Waals surface area contributed by atoms with Gasteiger partial charge in [-0.05, 0) is 43.7 Å². The standard InChI is InChI=1S/C18H19NO3/c1-13-3-6-15(7-4-13)22-12-18(20)19-9-10-21-17-8-5-14(2)11-16(17)19/h3-8,11H,9-10,12H2,1-2H3. The first kappa shape index (κ1) is 14.4. The third kappa shape index (κ3) is 3.06. The SMILES string of the molecule is Cc1ccc(OCC(=O)N2CCOc3ccc(C)cc32)cc1. The molecule has 2 aromatic carbocycles.